The van der Waals surface area contributed by atoms with Crippen LogP contribution in [0.25, 0.3) is 11.3 Å². The molecule has 1 amide bonds. The lowest BCUT2D eigenvalue weighted by Crippen LogP contribution is -2.35. The maximum Gasteiger partial charge on any atom is 0.257 e. The van der Waals surface area contributed by atoms with Crippen LogP contribution in [0.15, 0.2) is 58.0 Å². The number of amides is 1. The average Bonchev–Trinajstić information content (AvgIpc) is 3.39. The Hall–Kier alpha value is -3.11. The second-order valence-corrected chi connectivity index (χ2v) is 11.1. The van der Waals surface area contributed by atoms with Crippen LogP contribution in [-0.2, 0) is 23.0 Å². The van der Waals surface area contributed by atoms with Crippen LogP contribution in [0, 0.1) is 0 Å². The van der Waals surface area contributed by atoms with Gasteiger partial charge in [-0.3, -0.25) is 4.79 Å². The molecule has 3 aliphatic heterocycles. The molecule has 0 bridgehead atoms. The number of hydrogen-bond acceptors (Lipinski definition) is 6. The molecule has 1 aromatic heterocycles. The fraction of sp³-hybridized carbons (Fsp3) is 0.261. The van der Waals surface area contributed by atoms with Crippen molar-refractivity contribution in [3.05, 3.63) is 60.0 Å². The minimum absolute atomic E-state index is 0.00368. The Morgan fingerprint density at radius 3 is 2.73 bits per heavy atom. The summed E-state index contributed by atoms with van der Waals surface area (Å²) >= 11 is 1.28. The molecule has 168 valence electrons. The summed E-state index contributed by atoms with van der Waals surface area (Å²) in [6.07, 6.45) is 5.51. The van der Waals surface area contributed by atoms with Crippen molar-refractivity contribution in [1.29, 1.82) is 0 Å². The fourth-order valence-corrected chi connectivity index (χ4v) is 6.65. The van der Waals surface area contributed by atoms with Crippen molar-refractivity contribution in [2.75, 3.05) is 22.5 Å². The van der Waals surface area contributed by atoms with E-state index in [1.807, 2.05) is 35.2 Å². The SMILES string of the molecule is O=C(Nc1ccc(-c2cn3c(n2)CCCC3)cc1)c1ccc2c(c1)SC1=NS(=O)(=O)CCN12. The third-order valence-electron chi connectivity index (χ3n) is 6.08. The molecule has 0 aliphatic carbocycles. The highest BCUT2D eigenvalue weighted by atomic mass is 32.2. The number of amidine groups is 1. The Morgan fingerprint density at radius 1 is 1.06 bits per heavy atom. The van der Waals surface area contributed by atoms with E-state index in [1.54, 1.807) is 12.1 Å². The summed E-state index contributed by atoms with van der Waals surface area (Å²) < 4.78 is 29.7. The quantitative estimate of drug-likeness (QED) is 0.615. The molecule has 0 radical (unpaired) electrons. The van der Waals surface area contributed by atoms with Gasteiger partial charge >= 0.3 is 0 Å². The zero-order chi connectivity index (χ0) is 22.6. The molecule has 2 aromatic carbocycles. The van der Waals surface area contributed by atoms with E-state index in [0.717, 1.165) is 40.6 Å². The van der Waals surface area contributed by atoms with Gasteiger partial charge in [0.15, 0.2) is 5.17 Å². The lowest BCUT2D eigenvalue weighted by Gasteiger charge is -2.22. The summed E-state index contributed by atoms with van der Waals surface area (Å²) in [4.78, 5) is 20.3. The van der Waals surface area contributed by atoms with Crippen LogP contribution in [0.5, 0.6) is 0 Å². The van der Waals surface area contributed by atoms with Crippen molar-refractivity contribution >= 4 is 44.2 Å². The Bertz CT molecular complexity index is 1390. The van der Waals surface area contributed by atoms with E-state index >= 15 is 0 Å². The van der Waals surface area contributed by atoms with Crippen LogP contribution in [0.2, 0.25) is 0 Å². The number of rotatable bonds is 3. The zero-order valence-electron chi connectivity index (χ0n) is 17.7. The summed E-state index contributed by atoms with van der Waals surface area (Å²) in [5.74, 6) is 0.918. The fourth-order valence-electron chi connectivity index (χ4n) is 4.35. The molecule has 0 saturated heterocycles. The minimum Gasteiger partial charge on any atom is -0.334 e. The predicted octanol–water partition coefficient (Wildman–Crippen LogP) is 3.75. The molecule has 4 heterocycles. The average molecular weight is 480 g/mol. The maximum absolute atomic E-state index is 12.8. The van der Waals surface area contributed by atoms with E-state index in [1.165, 1.54) is 24.6 Å². The minimum atomic E-state index is -3.41. The van der Waals surface area contributed by atoms with Crippen LogP contribution < -0.4 is 10.2 Å². The summed E-state index contributed by atoms with van der Waals surface area (Å²) in [6, 6.07) is 13.1. The van der Waals surface area contributed by atoms with E-state index in [4.69, 9.17) is 4.98 Å². The largest absolute Gasteiger partial charge is 0.334 e. The maximum atomic E-state index is 12.8. The molecule has 33 heavy (non-hydrogen) atoms. The number of hydrogen-bond donors (Lipinski definition) is 1. The van der Waals surface area contributed by atoms with Gasteiger partial charge in [-0.1, -0.05) is 12.1 Å². The summed E-state index contributed by atoms with van der Waals surface area (Å²) in [6.45, 7) is 1.40. The van der Waals surface area contributed by atoms with Crippen molar-refractivity contribution < 1.29 is 13.2 Å². The summed E-state index contributed by atoms with van der Waals surface area (Å²) in [7, 11) is -3.41. The molecule has 0 saturated carbocycles. The number of carbonyl (C=O) groups excluding carboxylic acids is 1. The van der Waals surface area contributed by atoms with Gasteiger partial charge in [0.25, 0.3) is 15.9 Å². The van der Waals surface area contributed by atoms with E-state index in [2.05, 4.69) is 20.5 Å². The second kappa shape index (κ2) is 7.74. The first kappa shape index (κ1) is 20.5. The molecule has 3 aromatic rings. The van der Waals surface area contributed by atoms with Gasteiger partial charge in [-0.15, -0.1) is 4.40 Å². The third-order valence-corrected chi connectivity index (χ3v) is 8.39. The highest BCUT2D eigenvalue weighted by Crippen LogP contribution is 2.42. The Balaban J connectivity index is 1.18. The van der Waals surface area contributed by atoms with Gasteiger partial charge in [-0.2, -0.15) is 0 Å². The number of fused-ring (bicyclic) bond motifs is 4. The Kier molecular flexibility index (Phi) is 4.81. The number of nitrogens with zero attached hydrogens (tertiary/aromatic N) is 4. The van der Waals surface area contributed by atoms with Crippen molar-refractivity contribution in [2.24, 2.45) is 4.40 Å². The van der Waals surface area contributed by atoms with Gasteiger partial charge in [0.1, 0.15) is 5.82 Å². The zero-order valence-corrected chi connectivity index (χ0v) is 19.3. The number of sulfonamides is 1. The first-order chi connectivity index (χ1) is 15.9. The van der Waals surface area contributed by atoms with Crippen molar-refractivity contribution in [3.63, 3.8) is 0 Å². The molecule has 10 heteroatoms. The van der Waals surface area contributed by atoms with E-state index in [9.17, 15) is 13.2 Å². The molecule has 0 atom stereocenters. The molecule has 0 unspecified atom stereocenters. The van der Waals surface area contributed by atoms with Gasteiger partial charge in [-0.05, 0) is 54.9 Å². The summed E-state index contributed by atoms with van der Waals surface area (Å²) in [5, 5.41) is 3.39. The topological polar surface area (TPSA) is 96.7 Å². The number of imidazole rings is 1. The van der Waals surface area contributed by atoms with Crippen LogP contribution in [0.4, 0.5) is 11.4 Å². The van der Waals surface area contributed by atoms with Gasteiger partial charge in [-0.25, -0.2) is 13.4 Å². The van der Waals surface area contributed by atoms with Crippen LogP contribution in [-0.4, -0.2) is 41.3 Å². The number of aromatic nitrogens is 2. The van der Waals surface area contributed by atoms with E-state index < -0.39 is 10.0 Å². The summed E-state index contributed by atoms with van der Waals surface area (Å²) in [5.41, 5.74) is 4.08. The molecule has 8 nitrogen and oxygen atoms in total. The Morgan fingerprint density at radius 2 is 1.91 bits per heavy atom. The predicted molar refractivity (Wildman–Crippen MR) is 129 cm³/mol. The first-order valence-corrected chi connectivity index (χ1v) is 13.3. The normalized spacial score (nSPS) is 18.2. The number of anilines is 2. The molecule has 6 rings (SSSR count). The van der Waals surface area contributed by atoms with Gasteiger partial charge < -0.3 is 14.8 Å². The lowest BCUT2D eigenvalue weighted by atomic mass is 10.1. The van der Waals surface area contributed by atoms with Gasteiger partial charge in [0, 0.05) is 47.4 Å². The molecule has 3 aliphatic rings. The monoisotopic (exact) mass is 479 g/mol. The van der Waals surface area contributed by atoms with E-state index in [0.29, 0.717) is 23.0 Å². The highest BCUT2D eigenvalue weighted by molar-refractivity contribution is 8.15. The van der Waals surface area contributed by atoms with Crippen LogP contribution >= 0.6 is 11.8 Å². The van der Waals surface area contributed by atoms with Crippen molar-refractivity contribution in [2.45, 2.75) is 30.7 Å². The van der Waals surface area contributed by atoms with Crippen LogP contribution in [0.1, 0.15) is 29.0 Å². The standard InChI is InChI=1S/C23H21N5O3S2/c29-22(16-6-9-19-20(13-16)32-23-26-33(30,31)12-11-28(19)23)24-17-7-4-15(5-8-17)18-14-27-10-2-1-3-21(27)25-18/h4-9,13-14H,1-3,10-12H2,(H,24,29). The van der Waals surface area contributed by atoms with Crippen molar-refractivity contribution in [1.82, 2.24) is 9.55 Å². The van der Waals surface area contributed by atoms with Gasteiger partial charge in [0.2, 0.25) is 0 Å². The molecular weight excluding hydrogens is 458 g/mol. The second-order valence-electron chi connectivity index (χ2n) is 8.32. The van der Waals surface area contributed by atoms with Crippen molar-refractivity contribution in [3.8, 4) is 11.3 Å². The van der Waals surface area contributed by atoms with Gasteiger partial charge in [0.05, 0.1) is 17.1 Å². The number of nitrogens with one attached hydrogen (secondary N) is 1. The lowest BCUT2D eigenvalue weighted by molar-refractivity contribution is 0.102. The third kappa shape index (κ3) is 3.83. The van der Waals surface area contributed by atoms with E-state index in [-0.39, 0.29) is 11.7 Å². The Labute approximate surface area is 195 Å². The highest BCUT2D eigenvalue weighted by Gasteiger charge is 2.33. The van der Waals surface area contributed by atoms with Crippen LogP contribution in [0.3, 0.4) is 0 Å². The first-order valence-electron chi connectivity index (χ1n) is 10.9. The molecule has 0 fully saturated rings. The number of carbonyl (C=O) groups is 1. The smallest absolute Gasteiger partial charge is 0.257 e. The molecular formula is C23H21N5O3S2. The molecule has 0 spiro atoms. The number of benzene rings is 2. The number of thioether (sulfide) groups is 1. The molecule has 1 N–H and O–H groups in total. The number of aryl methyl sites for hydroxylation is 2.